The zero-order valence-corrected chi connectivity index (χ0v) is 18.6. The molecule has 162 valence electrons. The number of carbonyl (C=O) groups is 1. The normalized spacial score (nSPS) is 11.5. The number of nitrogens with one attached hydrogen (secondary N) is 3. The van der Waals surface area contributed by atoms with Gasteiger partial charge in [-0.3, -0.25) is 14.2 Å². The lowest BCUT2D eigenvalue weighted by molar-refractivity contribution is 0.102. The van der Waals surface area contributed by atoms with E-state index < -0.39 is 26.0 Å². The monoisotopic (exact) mass is 479 g/mol. The smallest absolute Gasteiger partial charge is 0.262 e. The van der Waals surface area contributed by atoms with E-state index in [1.165, 1.54) is 54.6 Å². The Bertz CT molecular complexity index is 1340. The number of hydrogen-bond donors (Lipinski definition) is 3. The van der Waals surface area contributed by atoms with Gasteiger partial charge in [-0.2, -0.15) is 0 Å². The van der Waals surface area contributed by atoms with Crippen LogP contribution in [0.1, 0.15) is 10.4 Å². The molecule has 0 heterocycles. The van der Waals surface area contributed by atoms with E-state index in [1.54, 1.807) is 18.2 Å². The summed E-state index contributed by atoms with van der Waals surface area (Å²) >= 11 is 6.01. The zero-order valence-electron chi connectivity index (χ0n) is 16.2. The van der Waals surface area contributed by atoms with Crippen molar-refractivity contribution in [2.45, 2.75) is 4.90 Å². The van der Waals surface area contributed by atoms with Crippen LogP contribution in [0.15, 0.2) is 77.7 Å². The molecule has 1 amide bonds. The van der Waals surface area contributed by atoms with E-state index in [4.69, 9.17) is 11.6 Å². The Hall–Kier alpha value is -3.08. The highest BCUT2D eigenvalue weighted by Crippen LogP contribution is 2.25. The van der Waals surface area contributed by atoms with E-state index in [0.29, 0.717) is 0 Å². The molecule has 0 atom stereocenters. The molecule has 0 saturated heterocycles. The van der Waals surface area contributed by atoms with Crippen LogP contribution in [0.2, 0.25) is 5.02 Å². The standard InChI is InChI=1S/C20H18ClN3O5S2/c1-30(26,27)23-16-8-4-6-14(12-16)20(25)22-15-7-5-9-17(13-15)31(28,29)24-19-11-3-2-10-18(19)21/h2-13,23-24H,1H3,(H,22,25). The van der Waals surface area contributed by atoms with Gasteiger partial charge in [0.2, 0.25) is 10.0 Å². The Morgan fingerprint density at radius 1 is 0.806 bits per heavy atom. The second-order valence-electron chi connectivity index (χ2n) is 6.52. The van der Waals surface area contributed by atoms with Crippen LogP contribution in [0.3, 0.4) is 0 Å². The molecule has 0 bridgehead atoms. The Balaban J connectivity index is 1.80. The molecular formula is C20H18ClN3O5S2. The predicted octanol–water partition coefficient (Wildman–Crippen LogP) is 3.76. The minimum absolute atomic E-state index is 0.0716. The van der Waals surface area contributed by atoms with Gasteiger partial charge in [0.15, 0.2) is 0 Å². The summed E-state index contributed by atoms with van der Waals surface area (Å²) < 4.78 is 52.8. The summed E-state index contributed by atoms with van der Waals surface area (Å²) in [6, 6.07) is 18.0. The third-order valence-electron chi connectivity index (χ3n) is 3.95. The number of halogens is 1. The molecule has 0 aromatic heterocycles. The van der Waals surface area contributed by atoms with Crippen molar-refractivity contribution in [3.63, 3.8) is 0 Å². The zero-order chi connectivity index (χ0) is 22.6. The van der Waals surface area contributed by atoms with Crippen molar-refractivity contribution in [1.82, 2.24) is 0 Å². The topological polar surface area (TPSA) is 121 Å². The summed E-state index contributed by atoms with van der Waals surface area (Å²) in [6.45, 7) is 0. The molecule has 3 rings (SSSR count). The van der Waals surface area contributed by atoms with Crippen molar-refractivity contribution >= 4 is 54.6 Å². The molecule has 0 aliphatic carbocycles. The first-order valence-corrected chi connectivity index (χ1v) is 12.6. The van der Waals surface area contributed by atoms with Gasteiger partial charge < -0.3 is 5.32 Å². The fourth-order valence-electron chi connectivity index (χ4n) is 2.63. The van der Waals surface area contributed by atoms with Crippen molar-refractivity contribution in [3.05, 3.63) is 83.4 Å². The summed E-state index contributed by atoms with van der Waals surface area (Å²) in [5, 5.41) is 2.85. The van der Waals surface area contributed by atoms with Crippen LogP contribution in [0.4, 0.5) is 17.1 Å². The highest BCUT2D eigenvalue weighted by atomic mass is 35.5. The third-order valence-corrected chi connectivity index (χ3v) is 6.25. The SMILES string of the molecule is CS(=O)(=O)Nc1cccc(C(=O)Nc2cccc(S(=O)(=O)Nc3ccccc3Cl)c2)c1. The number of rotatable bonds is 7. The van der Waals surface area contributed by atoms with E-state index in [-0.39, 0.29) is 32.5 Å². The van der Waals surface area contributed by atoms with Crippen molar-refractivity contribution < 1.29 is 21.6 Å². The Morgan fingerprint density at radius 2 is 1.48 bits per heavy atom. The maximum absolute atomic E-state index is 12.7. The van der Waals surface area contributed by atoms with E-state index in [0.717, 1.165) is 6.26 Å². The van der Waals surface area contributed by atoms with Gasteiger partial charge in [0, 0.05) is 16.9 Å². The summed E-state index contributed by atoms with van der Waals surface area (Å²) in [6.07, 6.45) is 1.00. The number of carbonyl (C=O) groups excluding carboxylic acids is 1. The molecule has 8 nitrogen and oxygen atoms in total. The number of para-hydroxylation sites is 1. The molecule has 0 saturated carbocycles. The second-order valence-corrected chi connectivity index (χ2v) is 10.4. The van der Waals surface area contributed by atoms with Gasteiger partial charge in [0.05, 0.1) is 21.9 Å². The lowest BCUT2D eigenvalue weighted by Crippen LogP contribution is -2.16. The minimum atomic E-state index is -3.95. The first kappa shape index (κ1) is 22.6. The molecule has 0 unspecified atom stereocenters. The number of amides is 1. The largest absolute Gasteiger partial charge is 0.322 e. The van der Waals surface area contributed by atoms with Crippen molar-refractivity contribution in [1.29, 1.82) is 0 Å². The highest BCUT2D eigenvalue weighted by Gasteiger charge is 2.17. The molecule has 3 N–H and O–H groups in total. The Kier molecular flexibility index (Phi) is 6.54. The van der Waals surface area contributed by atoms with Crippen LogP contribution in [0.5, 0.6) is 0 Å². The van der Waals surface area contributed by atoms with Crippen LogP contribution >= 0.6 is 11.6 Å². The van der Waals surface area contributed by atoms with E-state index >= 15 is 0 Å². The number of hydrogen-bond acceptors (Lipinski definition) is 5. The van der Waals surface area contributed by atoms with Crippen LogP contribution in [-0.2, 0) is 20.0 Å². The molecule has 11 heteroatoms. The third kappa shape index (κ3) is 6.20. The number of benzene rings is 3. The van der Waals surface area contributed by atoms with Gasteiger partial charge in [-0.05, 0) is 48.5 Å². The summed E-state index contributed by atoms with van der Waals surface area (Å²) in [7, 11) is -7.44. The minimum Gasteiger partial charge on any atom is -0.322 e. The van der Waals surface area contributed by atoms with Gasteiger partial charge >= 0.3 is 0 Å². The fraction of sp³-hybridized carbons (Fsp3) is 0.0500. The molecule has 0 spiro atoms. The van der Waals surface area contributed by atoms with Crippen LogP contribution in [0, 0.1) is 0 Å². The van der Waals surface area contributed by atoms with Crippen LogP contribution < -0.4 is 14.8 Å². The summed E-state index contributed by atoms with van der Waals surface area (Å²) in [5.74, 6) is -0.536. The maximum atomic E-state index is 12.7. The first-order valence-electron chi connectivity index (χ1n) is 8.80. The molecule has 31 heavy (non-hydrogen) atoms. The average Bonchev–Trinajstić information content (AvgIpc) is 2.69. The summed E-state index contributed by atoms with van der Waals surface area (Å²) in [4.78, 5) is 12.5. The predicted molar refractivity (Wildman–Crippen MR) is 122 cm³/mol. The van der Waals surface area contributed by atoms with Gasteiger partial charge in [-0.25, -0.2) is 16.8 Å². The van der Waals surface area contributed by atoms with Crippen molar-refractivity contribution in [2.75, 3.05) is 21.0 Å². The molecule has 0 radical (unpaired) electrons. The summed E-state index contributed by atoms with van der Waals surface area (Å²) in [5.41, 5.74) is 0.897. The van der Waals surface area contributed by atoms with Gasteiger partial charge in [-0.1, -0.05) is 35.9 Å². The Labute approximate surface area is 185 Å². The fourth-order valence-corrected chi connectivity index (χ4v) is 4.55. The van der Waals surface area contributed by atoms with E-state index in [2.05, 4.69) is 14.8 Å². The van der Waals surface area contributed by atoms with Crippen LogP contribution in [-0.4, -0.2) is 29.0 Å². The van der Waals surface area contributed by atoms with Gasteiger partial charge in [0.1, 0.15) is 0 Å². The first-order chi connectivity index (χ1) is 14.5. The van der Waals surface area contributed by atoms with Crippen LogP contribution in [0.25, 0.3) is 0 Å². The van der Waals surface area contributed by atoms with E-state index in [1.807, 2.05) is 0 Å². The molecule has 0 fully saturated rings. The maximum Gasteiger partial charge on any atom is 0.262 e. The molecule has 0 aliphatic heterocycles. The molecule has 3 aromatic rings. The van der Waals surface area contributed by atoms with Crippen molar-refractivity contribution in [3.8, 4) is 0 Å². The lowest BCUT2D eigenvalue weighted by atomic mass is 10.2. The second kappa shape index (κ2) is 8.96. The quantitative estimate of drug-likeness (QED) is 0.476. The van der Waals surface area contributed by atoms with Gasteiger partial charge in [-0.15, -0.1) is 0 Å². The van der Waals surface area contributed by atoms with E-state index in [9.17, 15) is 21.6 Å². The van der Waals surface area contributed by atoms with Crippen molar-refractivity contribution in [2.24, 2.45) is 0 Å². The molecular weight excluding hydrogens is 462 g/mol. The lowest BCUT2D eigenvalue weighted by Gasteiger charge is -2.11. The number of sulfonamides is 2. The average molecular weight is 480 g/mol. The van der Waals surface area contributed by atoms with Gasteiger partial charge in [0.25, 0.3) is 15.9 Å². The highest BCUT2D eigenvalue weighted by molar-refractivity contribution is 7.92. The molecule has 0 aliphatic rings. The number of anilines is 3. The Morgan fingerprint density at radius 3 is 2.19 bits per heavy atom. The molecule has 3 aromatic carbocycles.